The first-order valence-electron chi connectivity index (χ1n) is 13.4. The maximum absolute atomic E-state index is 14.0. The van der Waals surface area contributed by atoms with E-state index >= 15 is 0 Å². The van der Waals surface area contributed by atoms with Crippen molar-refractivity contribution in [3.63, 3.8) is 0 Å². The molecule has 5 N–H and O–H groups in total. The van der Waals surface area contributed by atoms with Crippen LogP contribution in [0.2, 0.25) is 0 Å². The van der Waals surface area contributed by atoms with Gasteiger partial charge in [0.15, 0.2) is 0 Å². The molecule has 0 aliphatic rings. The van der Waals surface area contributed by atoms with Gasteiger partial charge in [0.05, 0.1) is 12.2 Å². The van der Waals surface area contributed by atoms with Crippen molar-refractivity contribution in [2.45, 2.75) is 30.8 Å². The van der Waals surface area contributed by atoms with Gasteiger partial charge in [0, 0.05) is 24.7 Å². The van der Waals surface area contributed by atoms with Crippen molar-refractivity contribution < 1.29 is 14.4 Å². The number of H-pyrrole nitrogens is 1. The molecule has 0 aliphatic carbocycles. The highest BCUT2D eigenvalue weighted by Gasteiger charge is 2.30. The number of carbonyl (C=O) groups is 3. The highest BCUT2D eigenvalue weighted by atomic mass is 16.2. The smallest absolute Gasteiger partial charge is 0.243 e. The Morgan fingerprint density at radius 3 is 1.95 bits per heavy atom. The predicted octanol–water partition coefficient (Wildman–Crippen LogP) is 3.64. The number of aromatic amines is 1. The van der Waals surface area contributed by atoms with E-state index in [1.54, 1.807) is 6.20 Å². The lowest BCUT2D eigenvalue weighted by Gasteiger charge is -2.25. The van der Waals surface area contributed by atoms with Gasteiger partial charge in [-0.1, -0.05) is 103 Å². The zero-order valence-electron chi connectivity index (χ0n) is 22.4. The molecule has 1 heterocycles. The van der Waals surface area contributed by atoms with Crippen LogP contribution in [-0.4, -0.2) is 39.8 Å². The van der Waals surface area contributed by atoms with Gasteiger partial charge in [0.2, 0.25) is 17.7 Å². The fraction of sp³-hybridized carbons (Fsp3) is 0.152. The second-order valence-corrected chi connectivity index (χ2v) is 9.90. The van der Waals surface area contributed by atoms with Gasteiger partial charge < -0.3 is 21.4 Å². The van der Waals surface area contributed by atoms with Crippen molar-refractivity contribution in [2.24, 2.45) is 5.73 Å². The lowest BCUT2D eigenvalue weighted by atomic mass is 9.90. The number of nitrogens with one attached hydrogen (secondary N) is 3. The van der Waals surface area contributed by atoms with Crippen LogP contribution in [-0.2, 0) is 27.2 Å². The normalized spacial score (nSPS) is 12.5. The van der Waals surface area contributed by atoms with E-state index in [4.69, 9.17) is 5.73 Å². The lowest BCUT2D eigenvalue weighted by molar-refractivity contribution is -0.131. The van der Waals surface area contributed by atoms with E-state index in [9.17, 15) is 14.4 Å². The van der Waals surface area contributed by atoms with Gasteiger partial charge in [0.1, 0.15) is 12.1 Å². The summed E-state index contributed by atoms with van der Waals surface area (Å²) in [6.45, 7) is 0. The van der Waals surface area contributed by atoms with Crippen molar-refractivity contribution >= 4 is 28.5 Å². The summed E-state index contributed by atoms with van der Waals surface area (Å²) in [5.41, 5.74) is 8.80. The van der Waals surface area contributed by atoms with Crippen LogP contribution in [0, 0.1) is 0 Å². The van der Waals surface area contributed by atoms with Gasteiger partial charge in [-0.2, -0.15) is 0 Å². The van der Waals surface area contributed by atoms with E-state index in [1.807, 2.05) is 103 Å². The lowest BCUT2D eigenvalue weighted by Crippen LogP contribution is -2.55. The first kappa shape index (κ1) is 27.3. The number of nitrogens with zero attached hydrogens (tertiary/aromatic N) is 1. The summed E-state index contributed by atoms with van der Waals surface area (Å²) >= 11 is 0. The van der Waals surface area contributed by atoms with E-state index < -0.39 is 29.8 Å². The molecular weight excluding hydrogens is 514 g/mol. The van der Waals surface area contributed by atoms with E-state index in [1.165, 1.54) is 6.33 Å². The first-order chi connectivity index (χ1) is 20.0. The Labute approximate surface area is 238 Å². The van der Waals surface area contributed by atoms with Crippen LogP contribution in [0.25, 0.3) is 10.8 Å². The number of nitrogens with two attached hydrogens (primary N) is 1. The number of primary amides is 1. The quantitative estimate of drug-likeness (QED) is 0.202. The number of aromatic nitrogens is 2. The van der Waals surface area contributed by atoms with Gasteiger partial charge in [-0.25, -0.2) is 4.98 Å². The molecule has 206 valence electrons. The van der Waals surface area contributed by atoms with Gasteiger partial charge in [-0.15, -0.1) is 0 Å². The number of rotatable bonds is 11. The summed E-state index contributed by atoms with van der Waals surface area (Å²) in [7, 11) is 0. The highest BCUT2D eigenvalue weighted by molar-refractivity contribution is 5.95. The fourth-order valence-corrected chi connectivity index (χ4v) is 5.05. The van der Waals surface area contributed by atoms with Crippen LogP contribution in [0.3, 0.4) is 0 Å². The van der Waals surface area contributed by atoms with Crippen LogP contribution in [0.4, 0.5) is 0 Å². The third-order valence-electron chi connectivity index (χ3n) is 7.10. The highest BCUT2D eigenvalue weighted by Crippen LogP contribution is 2.26. The number of hydrogen-bond acceptors (Lipinski definition) is 4. The molecule has 4 aromatic carbocycles. The molecule has 8 heteroatoms. The van der Waals surface area contributed by atoms with Gasteiger partial charge in [-0.3, -0.25) is 14.4 Å². The van der Waals surface area contributed by atoms with Gasteiger partial charge in [0.25, 0.3) is 0 Å². The third-order valence-corrected chi connectivity index (χ3v) is 7.10. The predicted molar refractivity (Wildman–Crippen MR) is 158 cm³/mol. The van der Waals surface area contributed by atoms with Crippen LogP contribution in [0.15, 0.2) is 116 Å². The summed E-state index contributed by atoms with van der Waals surface area (Å²) in [6, 6.07) is 30.7. The van der Waals surface area contributed by atoms with Crippen LogP contribution in [0.5, 0.6) is 0 Å². The molecule has 2 atom stereocenters. The SMILES string of the molecule is NC(=O)C(Cc1cnc[nH]1)NC(=O)C(Cc1cccc2ccccc12)NC(=O)C(c1ccccc1)c1ccccc1. The molecule has 0 saturated carbocycles. The molecule has 8 nitrogen and oxygen atoms in total. The average Bonchev–Trinajstić information content (AvgIpc) is 3.51. The number of imidazole rings is 1. The van der Waals surface area contributed by atoms with Crippen molar-refractivity contribution in [3.8, 4) is 0 Å². The largest absolute Gasteiger partial charge is 0.368 e. The zero-order valence-corrected chi connectivity index (χ0v) is 22.4. The molecule has 0 saturated heterocycles. The monoisotopic (exact) mass is 545 g/mol. The number of fused-ring (bicyclic) bond motifs is 1. The van der Waals surface area contributed by atoms with Crippen LogP contribution >= 0.6 is 0 Å². The minimum atomic E-state index is -0.992. The maximum atomic E-state index is 14.0. The molecule has 0 aliphatic heterocycles. The molecule has 3 amide bonds. The van der Waals surface area contributed by atoms with Crippen LogP contribution in [0.1, 0.15) is 28.3 Å². The molecule has 0 spiro atoms. The molecule has 2 unspecified atom stereocenters. The molecule has 5 aromatic rings. The minimum absolute atomic E-state index is 0.145. The van der Waals surface area contributed by atoms with E-state index in [-0.39, 0.29) is 18.7 Å². The fourth-order valence-electron chi connectivity index (χ4n) is 5.05. The Bertz CT molecular complexity index is 1580. The van der Waals surface area contributed by atoms with Crippen molar-refractivity contribution in [1.29, 1.82) is 0 Å². The number of hydrogen-bond donors (Lipinski definition) is 4. The van der Waals surface area contributed by atoms with Crippen molar-refractivity contribution in [2.75, 3.05) is 0 Å². The Morgan fingerprint density at radius 2 is 1.32 bits per heavy atom. The molecular formula is C33H31N5O3. The van der Waals surface area contributed by atoms with Crippen LogP contribution < -0.4 is 16.4 Å². The summed E-state index contributed by atoms with van der Waals surface area (Å²) in [6.07, 6.45) is 3.42. The van der Waals surface area contributed by atoms with Gasteiger partial charge in [-0.05, 0) is 27.5 Å². The average molecular weight is 546 g/mol. The summed E-state index contributed by atoms with van der Waals surface area (Å²) in [5.74, 6) is -2.16. The molecule has 5 rings (SSSR count). The first-order valence-corrected chi connectivity index (χ1v) is 13.4. The van der Waals surface area contributed by atoms with E-state index in [0.717, 1.165) is 27.5 Å². The number of carbonyl (C=O) groups excluding carboxylic acids is 3. The molecule has 0 fully saturated rings. The minimum Gasteiger partial charge on any atom is -0.368 e. The molecule has 0 radical (unpaired) electrons. The number of benzene rings is 4. The topological polar surface area (TPSA) is 130 Å². The van der Waals surface area contributed by atoms with Crippen molar-refractivity contribution in [1.82, 2.24) is 20.6 Å². The summed E-state index contributed by atoms with van der Waals surface area (Å²) < 4.78 is 0. The zero-order chi connectivity index (χ0) is 28.6. The molecule has 41 heavy (non-hydrogen) atoms. The Hall–Kier alpha value is -5.24. The Balaban J connectivity index is 1.47. The Morgan fingerprint density at radius 1 is 0.707 bits per heavy atom. The maximum Gasteiger partial charge on any atom is 0.243 e. The van der Waals surface area contributed by atoms with Crippen molar-refractivity contribution in [3.05, 3.63) is 138 Å². The third kappa shape index (κ3) is 6.67. The summed E-state index contributed by atoms with van der Waals surface area (Å²) in [4.78, 5) is 47.0. The van der Waals surface area contributed by atoms with E-state index in [0.29, 0.717) is 5.69 Å². The molecule has 1 aromatic heterocycles. The Kier molecular flexibility index (Phi) is 8.49. The van der Waals surface area contributed by atoms with E-state index in [2.05, 4.69) is 20.6 Å². The number of amides is 3. The standard InChI is InChI=1S/C33H31N5O3/c34-31(39)28(19-26-20-35-21-36-26)37-32(40)29(18-25-16-9-15-22-10-7-8-17-27(22)25)38-33(41)30(23-11-3-1-4-12-23)24-13-5-2-6-14-24/h1-17,20-21,28-30H,18-19H2,(H2,34,39)(H,35,36)(H,37,40)(H,38,41). The second-order valence-electron chi connectivity index (χ2n) is 9.90. The van der Waals surface area contributed by atoms with Gasteiger partial charge >= 0.3 is 0 Å². The second kappa shape index (κ2) is 12.7. The summed E-state index contributed by atoms with van der Waals surface area (Å²) in [5, 5.41) is 7.78. The molecule has 0 bridgehead atoms.